The van der Waals surface area contributed by atoms with Crippen LogP contribution in [0.15, 0.2) is 29.4 Å². The Morgan fingerprint density at radius 1 is 1.28 bits per heavy atom. The fourth-order valence-corrected chi connectivity index (χ4v) is 4.35. The number of hydrogen-bond donors (Lipinski definition) is 2. The topological polar surface area (TPSA) is 97.0 Å². The standard InChI is InChI=1S/C20H22N4O3S2/c1-5-27-19(26)16-12(3)13(4)29-18(16)21-15(25)10-28-20-22-17(23-24-20)14-8-6-7-11(2)9-14/h6-9H,5,10H2,1-4H3,(H,21,25)(H,22,23,24). The van der Waals surface area contributed by atoms with E-state index in [2.05, 4.69) is 20.5 Å². The van der Waals surface area contributed by atoms with Gasteiger partial charge in [-0.05, 0) is 39.3 Å². The van der Waals surface area contributed by atoms with E-state index < -0.39 is 5.97 Å². The lowest BCUT2D eigenvalue weighted by Crippen LogP contribution is -2.16. The number of carbonyl (C=O) groups excluding carboxylic acids is 2. The maximum atomic E-state index is 12.4. The fourth-order valence-electron chi connectivity index (χ4n) is 2.69. The van der Waals surface area contributed by atoms with Gasteiger partial charge in [0.05, 0.1) is 17.9 Å². The number of hydrogen-bond acceptors (Lipinski definition) is 7. The number of benzene rings is 1. The third-order valence-electron chi connectivity index (χ3n) is 4.21. The molecule has 1 aromatic carbocycles. The number of carbonyl (C=O) groups is 2. The summed E-state index contributed by atoms with van der Waals surface area (Å²) in [5.74, 6) is 0.132. The van der Waals surface area contributed by atoms with Crippen molar-refractivity contribution in [2.45, 2.75) is 32.9 Å². The number of nitrogens with one attached hydrogen (secondary N) is 2. The summed E-state index contributed by atoms with van der Waals surface area (Å²) in [7, 11) is 0. The first-order valence-electron chi connectivity index (χ1n) is 9.08. The molecule has 7 nitrogen and oxygen atoms in total. The van der Waals surface area contributed by atoms with Crippen LogP contribution in [0.1, 0.15) is 33.3 Å². The second kappa shape index (κ2) is 9.23. The van der Waals surface area contributed by atoms with E-state index >= 15 is 0 Å². The van der Waals surface area contributed by atoms with Crippen LogP contribution in [-0.4, -0.2) is 39.4 Å². The molecule has 0 radical (unpaired) electrons. The van der Waals surface area contributed by atoms with Gasteiger partial charge >= 0.3 is 5.97 Å². The van der Waals surface area contributed by atoms with E-state index in [1.54, 1.807) is 6.92 Å². The van der Waals surface area contributed by atoms with Crippen LogP contribution < -0.4 is 5.32 Å². The van der Waals surface area contributed by atoms with Crippen LogP contribution in [0.5, 0.6) is 0 Å². The van der Waals surface area contributed by atoms with Crippen molar-refractivity contribution in [3.63, 3.8) is 0 Å². The Morgan fingerprint density at radius 2 is 2.07 bits per heavy atom. The molecule has 0 fully saturated rings. The average molecular weight is 431 g/mol. The quantitative estimate of drug-likeness (QED) is 0.427. The number of anilines is 1. The van der Waals surface area contributed by atoms with Crippen LogP contribution >= 0.6 is 23.1 Å². The first-order chi connectivity index (χ1) is 13.9. The summed E-state index contributed by atoms with van der Waals surface area (Å²) in [5.41, 5.74) is 3.32. The lowest BCUT2D eigenvalue weighted by Gasteiger charge is -2.06. The van der Waals surface area contributed by atoms with Gasteiger partial charge in [0.2, 0.25) is 11.1 Å². The fraction of sp³-hybridized carbons (Fsp3) is 0.300. The summed E-state index contributed by atoms with van der Waals surface area (Å²) in [6, 6.07) is 7.94. The van der Waals surface area contributed by atoms with Gasteiger partial charge in [0.15, 0.2) is 5.82 Å². The number of ether oxygens (including phenoxy) is 1. The molecule has 0 aliphatic carbocycles. The Labute approximate surface area is 177 Å². The maximum absolute atomic E-state index is 12.4. The zero-order valence-corrected chi connectivity index (χ0v) is 18.3. The SMILES string of the molecule is CCOC(=O)c1c(NC(=O)CSc2n[nH]c(-c3cccc(C)c3)n2)sc(C)c1C. The summed E-state index contributed by atoms with van der Waals surface area (Å²) in [4.78, 5) is 30.0. The van der Waals surface area contributed by atoms with E-state index in [-0.39, 0.29) is 18.3 Å². The summed E-state index contributed by atoms with van der Waals surface area (Å²) in [6.07, 6.45) is 0. The summed E-state index contributed by atoms with van der Waals surface area (Å²) in [6.45, 7) is 7.81. The number of thioether (sulfide) groups is 1. The predicted octanol–water partition coefficient (Wildman–Crippen LogP) is 4.37. The number of rotatable bonds is 7. The number of amides is 1. The molecule has 2 N–H and O–H groups in total. The minimum atomic E-state index is -0.422. The highest BCUT2D eigenvalue weighted by Gasteiger charge is 2.22. The first-order valence-corrected chi connectivity index (χ1v) is 10.9. The zero-order valence-electron chi connectivity index (χ0n) is 16.7. The molecule has 0 aliphatic heterocycles. The maximum Gasteiger partial charge on any atom is 0.341 e. The van der Waals surface area contributed by atoms with Crippen molar-refractivity contribution in [1.29, 1.82) is 0 Å². The molecule has 1 amide bonds. The summed E-state index contributed by atoms with van der Waals surface area (Å²) < 4.78 is 5.11. The van der Waals surface area contributed by atoms with Crippen LogP contribution in [0, 0.1) is 20.8 Å². The third-order valence-corrected chi connectivity index (χ3v) is 6.18. The highest BCUT2D eigenvalue weighted by Crippen LogP contribution is 2.33. The van der Waals surface area contributed by atoms with Gasteiger partial charge < -0.3 is 10.1 Å². The van der Waals surface area contributed by atoms with Crippen molar-refractivity contribution in [2.24, 2.45) is 0 Å². The second-order valence-electron chi connectivity index (χ2n) is 6.38. The first kappa shape index (κ1) is 21.1. The smallest absolute Gasteiger partial charge is 0.341 e. The van der Waals surface area contributed by atoms with Gasteiger partial charge in [0, 0.05) is 10.4 Å². The van der Waals surface area contributed by atoms with E-state index in [1.807, 2.05) is 45.0 Å². The molecule has 0 aliphatic rings. The lowest BCUT2D eigenvalue weighted by molar-refractivity contribution is -0.113. The molecule has 29 heavy (non-hydrogen) atoms. The van der Waals surface area contributed by atoms with Crippen molar-refractivity contribution in [3.05, 3.63) is 45.8 Å². The number of H-pyrrole nitrogens is 1. The molecule has 9 heteroatoms. The number of aromatic nitrogens is 3. The molecule has 0 atom stereocenters. The van der Waals surface area contributed by atoms with Crippen LogP contribution in [0.4, 0.5) is 5.00 Å². The van der Waals surface area contributed by atoms with Gasteiger partial charge in [-0.2, -0.15) is 0 Å². The average Bonchev–Trinajstić information content (AvgIpc) is 3.25. The van der Waals surface area contributed by atoms with E-state index in [4.69, 9.17) is 4.74 Å². The molecule has 0 saturated carbocycles. The Hall–Kier alpha value is -2.65. The Bertz CT molecular complexity index is 1040. The highest BCUT2D eigenvalue weighted by molar-refractivity contribution is 7.99. The number of aromatic amines is 1. The molecular weight excluding hydrogens is 408 g/mol. The lowest BCUT2D eigenvalue weighted by atomic mass is 10.1. The van der Waals surface area contributed by atoms with E-state index in [0.717, 1.165) is 21.6 Å². The van der Waals surface area contributed by atoms with E-state index in [9.17, 15) is 9.59 Å². The second-order valence-corrected chi connectivity index (χ2v) is 8.55. The predicted molar refractivity (Wildman–Crippen MR) is 116 cm³/mol. The van der Waals surface area contributed by atoms with Crippen LogP contribution in [0.3, 0.4) is 0 Å². The molecule has 0 unspecified atom stereocenters. The van der Waals surface area contributed by atoms with Gasteiger partial charge in [0.25, 0.3) is 0 Å². The molecular formula is C20H22N4O3S2. The van der Waals surface area contributed by atoms with Crippen LogP contribution in [0.2, 0.25) is 0 Å². The number of aryl methyl sites for hydroxylation is 2. The van der Waals surface area contributed by atoms with Gasteiger partial charge in [0.1, 0.15) is 5.00 Å². The van der Waals surface area contributed by atoms with Gasteiger partial charge in [-0.3, -0.25) is 9.89 Å². The van der Waals surface area contributed by atoms with Crippen molar-refractivity contribution in [2.75, 3.05) is 17.7 Å². The zero-order chi connectivity index (χ0) is 21.0. The van der Waals surface area contributed by atoms with Crippen molar-refractivity contribution in [1.82, 2.24) is 15.2 Å². The van der Waals surface area contributed by atoms with Crippen molar-refractivity contribution >= 4 is 40.0 Å². The van der Waals surface area contributed by atoms with E-state index in [1.165, 1.54) is 23.1 Å². The molecule has 3 aromatic rings. The number of esters is 1. The normalized spacial score (nSPS) is 10.8. The van der Waals surface area contributed by atoms with Gasteiger partial charge in [-0.25, -0.2) is 9.78 Å². The van der Waals surface area contributed by atoms with Crippen molar-refractivity contribution < 1.29 is 14.3 Å². The molecule has 0 spiro atoms. The molecule has 0 saturated heterocycles. The monoisotopic (exact) mass is 430 g/mol. The summed E-state index contributed by atoms with van der Waals surface area (Å²) in [5, 5.41) is 10.9. The minimum absolute atomic E-state index is 0.128. The molecule has 2 aromatic heterocycles. The third kappa shape index (κ3) is 5.04. The Balaban J connectivity index is 1.64. The van der Waals surface area contributed by atoms with Crippen LogP contribution in [0.25, 0.3) is 11.4 Å². The van der Waals surface area contributed by atoms with Crippen LogP contribution in [-0.2, 0) is 9.53 Å². The Kier molecular flexibility index (Phi) is 6.71. The molecule has 152 valence electrons. The molecule has 2 heterocycles. The minimum Gasteiger partial charge on any atom is -0.462 e. The van der Waals surface area contributed by atoms with Gasteiger partial charge in [-0.1, -0.05) is 35.5 Å². The van der Waals surface area contributed by atoms with E-state index in [0.29, 0.717) is 21.5 Å². The van der Waals surface area contributed by atoms with Gasteiger partial charge in [-0.15, -0.1) is 16.4 Å². The molecule has 0 bridgehead atoms. The van der Waals surface area contributed by atoms with Crippen molar-refractivity contribution in [3.8, 4) is 11.4 Å². The number of nitrogens with zero attached hydrogens (tertiary/aromatic N) is 2. The summed E-state index contributed by atoms with van der Waals surface area (Å²) >= 11 is 2.59. The number of thiophene rings is 1. The molecule has 3 rings (SSSR count). The highest BCUT2D eigenvalue weighted by atomic mass is 32.2. The Morgan fingerprint density at radius 3 is 2.79 bits per heavy atom. The largest absolute Gasteiger partial charge is 0.462 e.